The van der Waals surface area contributed by atoms with Crippen LogP contribution in [0.4, 0.5) is 18.9 Å². The van der Waals surface area contributed by atoms with Crippen LogP contribution in [0, 0.1) is 11.3 Å². The van der Waals surface area contributed by atoms with Crippen LogP contribution in [0.3, 0.4) is 0 Å². The van der Waals surface area contributed by atoms with Crippen molar-refractivity contribution in [1.82, 2.24) is 5.32 Å². The lowest BCUT2D eigenvalue weighted by atomic mass is 10.1. The summed E-state index contributed by atoms with van der Waals surface area (Å²) in [5, 5.41) is 11.1. The van der Waals surface area contributed by atoms with Crippen LogP contribution in [-0.4, -0.2) is 25.0 Å². The van der Waals surface area contributed by atoms with E-state index in [-0.39, 0.29) is 19.1 Å². The number of fused-ring (bicyclic) bond motifs is 1. The predicted octanol–water partition coefficient (Wildman–Crippen LogP) is 3.32. The Morgan fingerprint density at radius 1 is 1.15 bits per heavy atom. The lowest BCUT2D eigenvalue weighted by Gasteiger charge is -2.31. The summed E-state index contributed by atoms with van der Waals surface area (Å²) in [7, 11) is 0. The highest BCUT2D eigenvalue weighted by Gasteiger charge is 2.33. The highest BCUT2D eigenvalue weighted by Crippen LogP contribution is 2.34. The largest absolute Gasteiger partial charge is 0.416 e. The van der Waals surface area contributed by atoms with E-state index in [0.717, 1.165) is 23.3 Å². The number of anilines is 1. The predicted molar refractivity (Wildman–Crippen MR) is 95.1 cm³/mol. The summed E-state index contributed by atoms with van der Waals surface area (Å²) in [6, 6.07) is 14.6. The van der Waals surface area contributed by atoms with Crippen molar-refractivity contribution in [1.29, 1.82) is 5.26 Å². The van der Waals surface area contributed by atoms with Gasteiger partial charge in [-0.3, -0.25) is 4.79 Å². The Morgan fingerprint density at radius 3 is 2.41 bits per heavy atom. The number of alkyl halides is 3. The van der Waals surface area contributed by atoms with Crippen molar-refractivity contribution in [3.8, 4) is 6.07 Å². The van der Waals surface area contributed by atoms with Crippen LogP contribution in [0.2, 0.25) is 0 Å². The minimum Gasteiger partial charge on any atom is -0.359 e. The molecule has 0 saturated carbocycles. The maximum atomic E-state index is 13.1. The van der Waals surface area contributed by atoms with Gasteiger partial charge in [-0.2, -0.15) is 18.4 Å². The standard InChI is InChI=1S/C20H18F3N3O/c21-20(22,23)16-6-3-7-17(12-16)26(13-19(27)25-9-8-24)18-10-14-4-1-2-5-15(14)11-18/h1-7,12,18H,9-11,13H2,(H,25,27). The second-order valence-electron chi connectivity index (χ2n) is 6.44. The highest BCUT2D eigenvalue weighted by atomic mass is 19.4. The van der Waals surface area contributed by atoms with Gasteiger partial charge in [-0.15, -0.1) is 0 Å². The monoisotopic (exact) mass is 373 g/mol. The van der Waals surface area contributed by atoms with E-state index in [1.807, 2.05) is 30.3 Å². The molecule has 0 unspecified atom stereocenters. The highest BCUT2D eigenvalue weighted by molar-refractivity contribution is 5.82. The summed E-state index contributed by atoms with van der Waals surface area (Å²) < 4.78 is 39.4. The molecule has 2 aromatic carbocycles. The molecule has 0 saturated heterocycles. The van der Waals surface area contributed by atoms with E-state index in [2.05, 4.69) is 5.32 Å². The van der Waals surface area contributed by atoms with Crippen molar-refractivity contribution in [2.75, 3.05) is 18.0 Å². The number of amides is 1. The van der Waals surface area contributed by atoms with Crippen molar-refractivity contribution in [3.05, 3.63) is 65.2 Å². The first-order chi connectivity index (χ1) is 12.9. The van der Waals surface area contributed by atoms with Crippen LogP contribution in [0.1, 0.15) is 16.7 Å². The van der Waals surface area contributed by atoms with Gasteiger partial charge in [-0.1, -0.05) is 30.3 Å². The quantitative estimate of drug-likeness (QED) is 0.818. The van der Waals surface area contributed by atoms with Gasteiger partial charge in [-0.25, -0.2) is 0 Å². The summed E-state index contributed by atoms with van der Waals surface area (Å²) in [4.78, 5) is 13.9. The van der Waals surface area contributed by atoms with Crippen molar-refractivity contribution in [2.45, 2.75) is 25.1 Å². The maximum absolute atomic E-state index is 13.1. The van der Waals surface area contributed by atoms with Gasteiger partial charge in [0.1, 0.15) is 6.54 Å². The lowest BCUT2D eigenvalue weighted by Crippen LogP contribution is -2.44. The first-order valence-electron chi connectivity index (χ1n) is 8.53. The maximum Gasteiger partial charge on any atom is 0.416 e. The van der Waals surface area contributed by atoms with E-state index in [4.69, 9.17) is 5.26 Å². The molecule has 27 heavy (non-hydrogen) atoms. The molecule has 1 N–H and O–H groups in total. The van der Waals surface area contributed by atoms with E-state index in [0.29, 0.717) is 18.5 Å². The van der Waals surface area contributed by atoms with Gasteiger partial charge in [0.25, 0.3) is 0 Å². The van der Waals surface area contributed by atoms with Gasteiger partial charge in [-0.05, 0) is 42.2 Å². The summed E-state index contributed by atoms with van der Waals surface area (Å²) in [5.41, 5.74) is 1.86. The Morgan fingerprint density at radius 2 is 1.81 bits per heavy atom. The summed E-state index contributed by atoms with van der Waals surface area (Å²) in [6.45, 7) is -0.248. The molecule has 4 nitrogen and oxygen atoms in total. The van der Waals surface area contributed by atoms with Crippen LogP contribution < -0.4 is 10.2 Å². The van der Waals surface area contributed by atoms with Gasteiger partial charge >= 0.3 is 6.18 Å². The fourth-order valence-electron chi connectivity index (χ4n) is 3.40. The average Bonchev–Trinajstić information content (AvgIpc) is 3.07. The van der Waals surface area contributed by atoms with Gasteiger partial charge in [0.15, 0.2) is 0 Å². The SMILES string of the molecule is N#CCNC(=O)CN(c1cccc(C(F)(F)F)c1)C1Cc2ccccc2C1. The molecule has 140 valence electrons. The molecular formula is C20H18F3N3O. The Bertz CT molecular complexity index is 848. The van der Waals surface area contributed by atoms with E-state index < -0.39 is 17.6 Å². The summed E-state index contributed by atoms with van der Waals surface area (Å²) >= 11 is 0. The minimum atomic E-state index is -4.45. The van der Waals surface area contributed by atoms with Crippen LogP contribution in [-0.2, 0) is 23.8 Å². The number of carbonyl (C=O) groups is 1. The number of nitrogens with zero attached hydrogens (tertiary/aromatic N) is 2. The number of hydrogen-bond acceptors (Lipinski definition) is 3. The Hall–Kier alpha value is -3.01. The van der Waals surface area contributed by atoms with Crippen molar-refractivity contribution in [3.63, 3.8) is 0 Å². The molecule has 1 aliphatic rings. The Kier molecular flexibility index (Phi) is 5.36. The Balaban J connectivity index is 1.89. The third-order valence-corrected chi connectivity index (χ3v) is 4.65. The smallest absolute Gasteiger partial charge is 0.359 e. The number of rotatable bonds is 5. The molecule has 7 heteroatoms. The first-order valence-corrected chi connectivity index (χ1v) is 8.53. The second-order valence-corrected chi connectivity index (χ2v) is 6.44. The van der Waals surface area contributed by atoms with Crippen LogP contribution in [0.25, 0.3) is 0 Å². The van der Waals surface area contributed by atoms with Crippen LogP contribution in [0.5, 0.6) is 0 Å². The van der Waals surface area contributed by atoms with E-state index >= 15 is 0 Å². The molecule has 0 aliphatic heterocycles. The lowest BCUT2D eigenvalue weighted by molar-refractivity contribution is -0.137. The topological polar surface area (TPSA) is 56.1 Å². The molecule has 1 amide bonds. The molecule has 0 bridgehead atoms. The third kappa shape index (κ3) is 4.40. The average molecular weight is 373 g/mol. The molecule has 0 atom stereocenters. The van der Waals surface area contributed by atoms with E-state index in [1.165, 1.54) is 6.07 Å². The summed E-state index contributed by atoms with van der Waals surface area (Å²) in [6.07, 6.45) is -3.15. The van der Waals surface area contributed by atoms with E-state index in [1.54, 1.807) is 11.0 Å². The zero-order valence-electron chi connectivity index (χ0n) is 14.5. The molecule has 0 heterocycles. The van der Waals surface area contributed by atoms with Crippen molar-refractivity contribution < 1.29 is 18.0 Å². The van der Waals surface area contributed by atoms with Gasteiger partial charge in [0.05, 0.1) is 18.2 Å². The van der Waals surface area contributed by atoms with Crippen LogP contribution in [0.15, 0.2) is 48.5 Å². The van der Waals surface area contributed by atoms with Gasteiger partial charge in [0, 0.05) is 11.7 Å². The zero-order chi connectivity index (χ0) is 19.4. The first kappa shape index (κ1) is 18.8. The third-order valence-electron chi connectivity index (χ3n) is 4.65. The number of halogens is 3. The molecular weight excluding hydrogens is 355 g/mol. The molecule has 0 radical (unpaired) electrons. The molecule has 3 rings (SSSR count). The zero-order valence-corrected chi connectivity index (χ0v) is 14.5. The van der Waals surface area contributed by atoms with Crippen molar-refractivity contribution in [2.24, 2.45) is 0 Å². The minimum absolute atomic E-state index is 0.109. The molecule has 0 aromatic heterocycles. The van der Waals surface area contributed by atoms with Crippen molar-refractivity contribution >= 4 is 11.6 Å². The number of nitrogens with one attached hydrogen (secondary N) is 1. The summed E-state index contributed by atoms with van der Waals surface area (Å²) in [5.74, 6) is -0.398. The normalized spacial score (nSPS) is 13.7. The molecule has 0 spiro atoms. The van der Waals surface area contributed by atoms with Gasteiger partial charge in [0.2, 0.25) is 5.91 Å². The molecule has 1 aliphatic carbocycles. The fourth-order valence-corrected chi connectivity index (χ4v) is 3.40. The van der Waals surface area contributed by atoms with Gasteiger partial charge < -0.3 is 10.2 Å². The van der Waals surface area contributed by atoms with E-state index in [9.17, 15) is 18.0 Å². The second kappa shape index (κ2) is 7.70. The number of benzene rings is 2. The molecule has 2 aromatic rings. The Labute approximate surface area is 155 Å². The number of hydrogen-bond donors (Lipinski definition) is 1. The fraction of sp³-hybridized carbons (Fsp3) is 0.300. The van der Waals surface area contributed by atoms with Crippen LogP contribution >= 0.6 is 0 Å². The molecule has 0 fully saturated rings. The number of nitriles is 1. The number of carbonyl (C=O) groups excluding carboxylic acids is 1.